The zero-order valence-corrected chi connectivity index (χ0v) is 16.6. The predicted octanol–water partition coefficient (Wildman–Crippen LogP) is 3.64. The van der Waals surface area contributed by atoms with Crippen molar-refractivity contribution >= 4 is 35.1 Å². The van der Waals surface area contributed by atoms with Crippen molar-refractivity contribution in [3.05, 3.63) is 64.2 Å². The van der Waals surface area contributed by atoms with Crippen LogP contribution < -0.4 is 10.6 Å². The minimum Gasteiger partial charge on any atom is -0.325 e. The number of carbonyl (C=O) groups excluding carboxylic acids is 3. The minimum atomic E-state index is -4.72. The van der Waals surface area contributed by atoms with Gasteiger partial charge in [-0.25, -0.2) is 4.79 Å². The summed E-state index contributed by atoms with van der Waals surface area (Å²) in [5.41, 5.74) is -2.02. The standard InChI is InChI=1S/C20H14ClF3N4O3/c1-19(12-4-2-11(9-25)3-5-12)17(30)28(18(31)27-19)10-16(29)26-13-6-7-15(21)14(8-13)20(22,23)24/h2-8H,10H2,1H3,(H,26,29)(H,27,31). The number of hydrogen-bond donors (Lipinski definition) is 2. The number of nitrogens with zero attached hydrogens (tertiary/aromatic N) is 2. The molecule has 1 saturated heterocycles. The molecule has 0 aliphatic carbocycles. The summed E-state index contributed by atoms with van der Waals surface area (Å²) in [6, 6.07) is 9.89. The van der Waals surface area contributed by atoms with Gasteiger partial charge in [0, 0.05) is 5.69 Å². The first-order valence-electron chi connectivity index (χ1n) is 8.77. The number of urea groups is 1. The molecule has 0 spiro atoms. The van der Waals surface area contributed by atoms with E-state index in [0.29, 0.717) is 22.1 Å². The molecule has 0 bridgehead atoms. The molecule has 1 aliphatic rings. The summed E-state index contributed by atoms with van der Waals surface area (Å²) in [5, 5.41) is 13.1. The summed E-state index contributed by atoms with van der Waals surface area (Å²) in [5.74, 6) is -1.59. The van der Waals surface area contributed by atoms with Crippen LogP contribution in [0.1, 0.15) is 23.6 Å². The molecular formula is C20H14ClF3N4O3. The van der Waals surface area contributed by atoms with Crippen molar-refractivity contribution in [2.45, 2.75) is 18.6 Å². The average molecular weight is 451 g/mol. The highest BCUT2D eigenvalue weighted by atomic mass is 35.5. The van der Waals surface area contributed by atoms with Crippen molar-refractivity contribution in [1.82, 2.24) is 10.2 Å². The highest BCUT2D eigenvalue weighted by Gasteiger charge is 2.49. The topological polar surface area (TPSA) is 102 Å². The smallest absolute Gasteiger partial charge is 0.325 e. The lowest BCUT2D eigenvalue weighted by Gasteiger charge is -2.22. The molecule has 7 nitrogen and oxygen atoms in total. The van der Waals surface area contributed by atoms with Crippen LogP contribution in [0.15, 0.2) is 42.5 Å². The third kappa shape index (κ3) is 4.32. The first kappa shape index (κ1) is 22.1. The molecule has 0 radical (unpaired) electrons. The van der Waals surface area contributed by atoms with E-state index >= 15 is 0 Å². The highest BCUT2D eigenvalue weighted by Crippen LogP contribution is 2.36. The van der Waals surface area contributed by atoms with Crippen LogP contribution in [0.2, 0.25) is 5.02 Å². The fourth-order valence-corrected chi connectivity index (χ4v) is 3.30. The number of halogens is 4. The average Bonchev–Trinajstić information content (AvgIpc) is 2.92. The summed E-state index contributed by atoms with van der Waals surface area (Å²) >= 11 is 5.55. The molecule has 2 aromatic rings. The lowest BCUT2D eigenvalue weighted by Crippen LogP contribution is -2.42. The monoisotopic (exact) mass is 450 g/mol. The number of anilines is 1. The molecule has 4 amide bonds. The Balaban J connectivity index is 1.75. The Kier molecular flexibility index (Phi) is 5.65. The Morgan fingerprint density at radius 3 is 2.45 bits per heavy atom. The van der Waals surface area contributed by atoms with Crippen LogP contribution in [0.4, 0.5) is 23.7 Å². The number of nitrogens with one attached hydrogen (secondary N) is 2. The van der Waals surface area contributed by atoms with Gasteiger partial charge in [-0.1, -0.05) is 23.7 Å². The van der Waals surface area contributed by atoms with E-state index in [1.807, 2.05) is 6.07 Å². The maximum atomic E-state index is 13.0. The van der Waals surface area contributed by atoms with Gasteiger partial charge in [-0.3, -0.25) is 14.5 Å². The third-order valence-electron chi connectivity index (χ3n) is 4.72. The fourth-order valence-electron chi connectivity index (χ4n) is 3.08. The number of nitriles is 1. The predicted molar refractivity (Wildman–Crippen MR) is 104 cm³/mol. The molecule has 3 rings (SSSR count). The van der Waals surface area contributed by atoms with Gasteiger partial charge in [0.1, 0.15) is 12.1 Å². The number of imide groups is 1. The van der Waals surface area contributed by atoms with Gasteiger partial charge < -0.3 is 10.6 Å². The largest absolute Gasteiger partial charge is 0.417 e. The second-order valence-corrected chi connectivity index (χ2v) is 7.28. The van der Waals surface area contributed by atoms with Crippen LogP contribution in [-0.2, 0) is 21.3 Å². The zero-order chi connectivity index (χ0) is 23.0. The van der Waals surface area contributed by atoms with Crippen LogP contribution in [0, 0.1) is 11.3 Å². The van der Waals surface area contributed by atoms with Crippen LogP contribution in [0.25, 0.3) is 0 Å². The van der Waals surface area contributed by atoms with Crippen molar-refractivity contribution in [1.29, 1.82) is 5.26 Å². The second-order valence-electron chi connectivity index (χ2n) is 6.88. The Morgan fingerprint density at radius 1 is 1.23 bits per heavy atom. The van der Waals surface area contributed by atoms with E-state index in [-0.39, 0.29) is 5.69 Å². The van der Waals surface area contributed by atoms with Crippen molar-refractivity contribution in [2.24, 2.45) is 0 Å². The van der Waals surface area contributed by atoms with Crippen LogP contribution in [0.5, 0.6) is 0 Å². The number of hydrogen-bond acceptors (Lipinski definition) is 4. The molecule has 0 aromatic heterocycles. The van der Waals surface area contributed by atoms with Gasteiger partial charge in [-0.15, -0.1) is 0 Å². The van der Waals surface area contributed by atoms with Crippen LogP contribution >= 0.6 is 11.6 Å². The first-order valence-corrected chi connectivity index (χ1v) is 9.15. The number of carbonyl (C=O) groups is 3. The zero-order valence-electron chi connectivity index (χ0n) is 15.9. The third-order valence-corrected chi connectivity index (χ3v) is 5.05. The molecule has 2 aromatic carbocycles. The molecule has 1 atom stereocenters. The van der Waals surface area contributed by atoms with E-state index in [2.05, 4.69) is 10.6 Å². The van der Waals surface area contributed by atoms with Gasteiger partial charge in [-0.05, 0) is 42.8 Å². The fraction of sp³-hybridized carbons (Fsp3) is 0.200. The van der Waals surface area contributed by atoms with Gasteiger partial charge in [0.05, 0.1) is 22.2 Å². The van der Waals surface area contributed by atoms with E-state index in [0.717, 1.165) is 6.07 Å². The van der Waals surface area contributed by atoms with Gasteiger partial charge in [-0.2, -0.15) is 18.4 Å². The number of rotatable bonds is 4. The van der Waals surface area contributed by atoms with E-state index in [1.54, 1.807) is 0 Å². The summed E-state index contributed by atoms with van der Waals surface area (Å²) in [7, 11) is 0. The van der Waals surface area contributed by atoms with E-state index in [4.69, 9.17) is 16.9 Å². The highest BCUT2D eigenvalue weighted by molar-refractivity contribution is 6.31. The molecule has 31 heavy (non-hydrogen) atoms. The molecule has 0 saturated carbocycles. The van der Waals surface area contributed by atoms with Gasteiger partial charge in [0.25, 0.3) is 5.91 Å². The quantitative estimate of drug-likeness (QED) is 0.694. The van der Waals surface area contributed by atoms with E-state index in [1.165, 1.54) is 37.3 Å². The maximum absolute atomic E-state index is 13.0. The van der Waals surface area contributed by atoms with Crippen LogP contribution in [-0.4, -0.2) is 29.3 Å². The Bertz CT molecular complexity index is 1110. The SMILES string of the molecule is CC1(c2ccc(C#N)cc2)NC(=O)N(CC(=O)Nc2ccc(Cl)c(C(F)(F)F)c2)C1=O. The van der Waals surface area contributed by atoms with Gasteiger partial charge >= 0.3 is 12.2 Å². The summed E-state index contributed by atoms with van der Waals surface area (Å²) in [4.78, 5) is 38.1. The van der Waals surface area contributed by atoms with E-state index in [9.17, 15) is 27.6 Å². The lowest BCUT2D eigenvalue weighted by atomic mass is 9.91. The molecule has 1 unspecified atom stereocenters. The Labute approximate surface area is 179 Å². The summed E-state index contributed by atoms with van der Waals surface area (Å²) in [6.45, 7) is 0.738. The van der Waals surface area contributed by atoms with Crippen LogP contribution in [0.3, 0.4) is 0 Å². The molecule has 160 valence electrons. The summed E-state index contributed by atoms with van der Waals surface area (Å²) in [6.07, 6.45) is -4.72. The molecule has 2 N–H and O–H groups in total. The van der Waals surface area contributed by atoms with Crippen molar-refractivity contribution in [3.63, 3.8) is 0 Å². The molecule has 1 fully saturated rings. The Morgan fingerprint density at radius 2 is 1.87 bits per heavy atom. The van der Waals surface area contributed by atoms with Crippen molar-refractivity contribution < 1.29 is 27.6 Å². The molecule has 1 aliphatic heterocycles. The van der Waals surface area contributed by atoms with Crippen molar-refractivity contribution in [3.8, 4) is 6.07 Å². The van der Waals surface area contributed by atoms with Crippen molar-refractivity contribution in [2.75, 3.05) is 11.9 Å². The molecule has 1 heterocycles. The van der Waals surface area contributed by atoms with Gasteiger partial charge in [0.2, 0.25) is 5.91 Å². The van der Waals surface area contributed by atoms with E-state index < -0.39 is 46.7 Å². The molecule has 11 heteroatoms. The molecular weight excluding hydrogens is 437 g/mol. The Hall–Kier alpha value is -3.58. The number of amides is 4. The minimum absolute atomic E-state index is 0.191. The maximum Gasteiger partial charge on any atom is 0.417 e. The van der Waals surface area contributed by atoms with Gasteiger partial charge in [0.15, 0.2) is 0 Å². The second kappa shape index (κ2) is 7.92. The lowest BCUT2D eigenvalue weighted by molar-refractivity contribution is -0.137. The summed E-state index contributed by atoms with van der Waals surface area (Å²) < 4.78 is 38.9. The number of alkyl halides is 3. The number of benzene rings is 2. The normalized spacial score (nSPS) is 18.5. The first-order chi connectivity index (χ1) is 14.5.